The van der Waals surface area contributed by atoms with Gasteiger partial charge in [-0.25, -0.2) is 0 Å². The SMILES string of the molecule is CC1CCC(CCc2ccc3c(c2)CCC3)CN1. The van der Waals surface area contributed by atoms with Crippen molar-refractivity contribution in [2.24, 2.45) is 5.92 Å². The standard InChI is InChI=1S/C17H25N/c1-13-5-6-15(12-18-13)8-7-14-9-10-16-3-2-4-17(16)11-14/h9-11,13,15,18H,2-8,12H2,1H3. The summed E-state index contributed by atoms with van der Waals surface area (Å²) in [4.78, 5) is 0. The zero-order chi connectivity index (χ0) is 12.4. The molecule has 1 saturated heterocycles. The van der Waals surface area contributed by atoms with E-state index in [1.165, 1.54) is 51.5 Å². The molecule has 0 aromatic heterocycles. The first-order valence-electron chi connectivity index (χ1n) is 7.65. The van der Waals surface area contributed by atoms with E-state index >= 15 is 0 Å². The number of rotatable bonds is 3. The minimum absolute atomic E-state index is 0.737. The predicted octanol–water partition coefficient (Wildman–Crippen LogP) is 3.50. The molecule has 0 amide bonds. The van der Waals surface area contributed by atoms with E-state index in [0.29, 0.717) is 0 Å². The lowest BCUT2D eigenvalue weighted by molar-refractivity contribution is 0.309. The van der Waals surface area contributed by atoms with Crippen molar-refractivity contribution < 1.29 is 0 Å². The Hall–Kier alpha value is -0.820. The fourth-order valence-corrected chi connectivity index (χ4v) is 3.46. The minimum atomic E-state index is 0.737. The summed E-state index contributed by atoms with van der Waals surface area (Å²) < 4.78 is 0. The summed E-state index contributed by atoms with van der Waals surface area (Å²) in [7, 11) is 0. The number of hydrogen-bond acceptors (Lipinski definition) is 1. The van der Waals surface area contributed by atoms with Crippen LogP contribution in [-0.2, 0) is 19.3 Å². The zero-order valence-corrected chi connectivity index (χ0v) is 11.5. The molecule has 1 fully saturated rings. The Morgan fingerprint density at radius 1 is 1.17 bits per heavy atom. The van der Waals surface area contributed by atoms with Gasteiger partial charge in [0.1, 0.15) is 0 Å². The second-order valence-corrected chi connectivity index (χ2v) is 6.25. The van der Waals surface area contributed by atoms with Crippen LogP contribution in [0.5, 0.6) is 0 Å². The summed E-state index contributed by atoms with van der Waals surface area (Å²) in [5, 5.41) is 3.61. The van der Waals surface area contributed by atoms with Gasteiger partial charge in [-0.05, 0) is 81.0 Å². The van der Waals surface area contributed by atoms with Gasteiger partial charge in [0.05, 0.1) is 0 Å². The highest BCUT2D eigenvalue weighted by Crippen LogP contribution is 2.25. The molecule has 1 N–H and O–H groups in total. The van der Waals surface area contributed by atoms with Crippen LogP contribution in [0.2, 0.25) is 0 Å². The molecule has 0 saturated carbocycles. The molecule has 18 heavy (non-hydrogen) atoms. The van der Waals surface area contributed by atoms with Crippen molar-refractivity contribution in [3.05, 3.63) is 34.9 Å². The lowest BCUT2D eigenvalue weighted by Crippen LogP contribution is -2.36. The number of hydrogen-bond donors (Lipinski definition) is 1. The quantitative estimate of drug-likeness (QED) is 0.857. The summed E-state index contributed by atoms with van der Waals surface area (Å²) in [6.07, 6.45) is 9.38. The molecule has 1 nitrogen and oxygen atoms in total. The van der Waals surface area contributed by atoms with Gasteiger partial charge < -0.3 is 5.32 Å². The maximum Gasteiger partial charge on any atom is 0.00389 e. The molecule has 3 rings (SSSR count). The van der Waals surface area contributed by atoms with E-state index in [1.807, 2.05) is 0 Å². The van der Waals surface area contributed by atoms with Crippen LogP contribution >= 0.6 is 0 Å². The number of fused-ring (bicyclic) bond motifs is 1. The maximum atomic E-state index is 3.61. The Kier molecular flexibility index (Phi) is 3.69. The van der Waals surface area contributed by atoms with Gasteiger partial charge in [0.25, 0.3) is 0 Å². The summed E-state index contributed by atoms with van der Waals surface area (Å²) in [6, 6.07) is 7.95. The molecule has 2 unspecified atom stereocenters. The number of piperidine rings is 1. The van der Waals surface area contributed by atoms with Gasteiger partial charge in [-0.2, -0.15) is 0 Å². The first-order chi connectivity index (χ1) is 8.81. The van der Waals surface area contributed by atoms with Crippen molar-refractivity contribution in [1.29, 1.82) is 0 Å². The van der Waals surface area contributed by atoms with Gasteiger partial charge in [-0.15, -0.1) is 0 Å². The predicted molar refractivity (Wildman–Crippen MR) is 77.0 cm³/mol. The fraction of sp³-hybridized carbons (Fsp3) is 0.647. The van der Waals surface area contributed by atoms with Gasteiger partial charge in [-0.3, -0.25) is 0 Å². The van der Waals surface area contributed by atoms with Crippen LogP contribution in [-0.4, -0.2) is 12.6 Å². The lowest BCUT2D eigenvalue weighted by Gasteiger charge is -2.27. The van der Waals surface area contributed by atoms with E-state index in [9.17, 15) is 0 Å². The number of nitrogens with one attached hydrogen (secondary N) is 1. The van der Waals surface area contributed by atoms with Crippen molar-refractivity contribution >= 4 is 0 Å². The molecule has 1 aromatic rings. The zero-order valence-electron chi connectivity index (χ0n) is 11.5. The molecule has 0 spiro atoms. The Labute approximate surface area is 111 Å². The second kappa shape index (κ2) is 5.44. The van der Waals surface area contributed by atoms with Gasteiger partial charge in [0, 0.05) is 6.04 Å². The topological polar surface area (TPSA) is 12.0 Å². The molecular formula is C17H25N. The highest BCUT2D eigenvalue weighted by molar-refractivity contribution is 5.35. The number of benzene rings is 1. The highest BCUT2D eigenvalue weighted by Gasteiger charge is 2.17. The monoisotopic (exact) mass is 243 g/mol. The molecule has 1 heteroatoms. The van der Waals surface area contributed by atoms with Gasteiger partial charge in [0.15, 0.2) is 0 Å². The Morgan fingerprint density at radius 3 is 2.89 bits per heavy atom. The van der Waals surface area contributed by atoms with Crippen molar-refractivity contribution in [1.82, 2.24) is 5.32 Å². The third-order valence-electron chi connectivity index (χ3n) is 4.77. The van der Waals surface area contributed by atoms with Gasteiger partial charge >= 0.3 is 0 Å². The molecule has 0 bridgehead atoms. The Balaban J connectivity index is 1.54. The van der Waals surface area contributed by atoms with Crippen LogP contribution in [0.4, 0.5) is 0 Å². The molecule has 2 atom stereocenters. The number of aryl methyl sites for hydroxylation is 3. The van der Waals surface area contributed by atoms with E-state index in [1.54, 1.807) is 16.7 Å². The van der Waals surface area contributed by atoms with E-state index in [4.69, 9.17) is 0 Å². The van der Waals surface area contributed by atoms with Crippen LogP contribution in [0.1, 0.15) is 49.3 Å². The molecule has 2 aliphatic rings. The summed E-state index contributed by atoms with van der Waals surface area (Å²) in [5.74, 6) is 0.898. The molecule has 1 aromatic carbocycles. The van der Waals surface area contributed by atoms with Crippen molar-refractivity contribution in [2.75, 3.05) is 6.54 Å². The highest BCUT2D eigenvalue weighted by atomic mass is 14.9. The van der Waals surface area contributed by atoms with E-state index in [-0.39, 0.29) is 0 Å². The van der Waals surface area contributed by atoms with Crippen molar-refractivity contribution in [2.45, 2.75) is 57.9 Å². The molecular weight excluding hydrogens is 218 g/mol. The first-order valence-corrected chi connectivity index (χ1v) is 7.65. The summed E-state index contributed by atoms with van der Waals surface area (Å²) in [6.45, 7) is 3.53. The van der Waals surface area contributed by atoms with Crippen LogP contribution in [0.15, 0.2) is 18.2 Å². The molecule has 1 aliphatic heterocycles. The molecule has 1 heterocycles. The van der Waals surface area contributed by atoms with Crippen LogP contribution in [0.3, 0.4) is 0 Å². The lowest BCUT2D eigenvalue weighted by atomic mass is 9.90. The van der Waals surface area contributed by atoms with Crippen LogP contribution in [0.25, 0.3) is 0 Å². The third-order valence-corrected chi connectivity index (χ3v) is 4.77. The maximum absolute atomic E-state index is 3.61. The molecule has 1 aliphatic carbocycles. The Morgan fingerprint density at radius 2 is 2.06 bits per heavy atom. The van der Waals surface area contributed by atoms with Gasteiger partial charge in [-0.1, -0.05) is 18.2 Å². The third kappa shape index (κ3) is 2.77. The van der Waals surface area contributed by atoms with Crippen molar-refractivity contribution in [3.63, 3.8) is 0 Å². The molecule has 98 valence electrons. The second-order valence-electron chi connectivity index (χ2n) is 6.25. The largest absolute Gasteiger partial charge is 0.314 e. The van der Waals surface area contributed by atoms with Crippen LogP contribution < -0.4 is 5.32 Å². The Bertz CT molecular complexity index is 402. The molecule has 0 radical (unpaired) electrons. The average molecular weight is 243 g/mol. The fourth-order valence-electron chi connectivity index (χ4n) is 3.46. The first kappa shape index (κ1) is 12.2. The average Bonchev–Trinajstić information content (AvgIpc) is 2.85. The van der Waals surface area contributed by atoms with Gasteiger partial charge in [0.2, 0.25) is 0 Å². The summed E-state index contributed by atoms with van der Waals surface area (Å²) in [5.41, 5.74) is 4.80. The van der Waals surface area contributed by atoms with E-state index in [0.717, 1.165) is 12.0 Å². The van der Waals surface area contributed by atoms with Crippen LogP contribution in [0, 0.1) is 5.92 Å². The normalized spacial score (nSPS) is 27.2. The smallest absolute Gasteiger partial charge is 0.00389 e. The van der Waals surface area contributed by atoms with Crippen molar-refractivity contribution in [3.8, 4) is 0 Å². The summed E-state index contributed by atoms with van der Waals surface area (Å²) >= 11 is 0. The van der Waals surface area contributed by atoms with E-state index in [2.05, 4.69) is 30.4 Å². The minimum Gasteiger partial charge on any atom is -0.314 e. The van der Waals surface area contributed by atoms with E-state index < -0.39 is 0 Å².